The molecule has 2 aromatic rings. The first-order chi connectivity index (χ1) is 10.4. The van der Waals surface area contributed by atoms with Crippen LogP contribution < -0.4 is 21.5 Å². The fourth-order valence-corrected chi connectivity index (χ4v) is 2.23. The van der Waals surface area contributed by atoms with Crippen LogP contribution in [0.4, 0.5) is 5.69 Å². The summed E-state index contributed by atoms with van der Waals surface area (Å²) in [6, 6.07) is 15.7. The first kappa shape index (κ1) is 16.3. The number of benzene rings is 2. The van der Waals surface area contributed by atoms with Crippen molar-refractivity contribution >= 4 is 23.0 Å². The molecule has 0 unspecified atom stereocenters. The van der Waals surface area contributed by atoms with Crippen molar-refractivity contribution in [2.24, 2.45) is 11.5 Å². The zero-order chi connectivity index (χ0) is 16.2. The van der Waals surface area contributed by atoms with Gasteiger partial charge in [0, 0.05) is 16.8 Å². The molecule has 2 aromatic carbocycles. The van der Waals surface area contributed by atoms with Crippen LogP contribution in [0.5, 0.6) is 5.75 Å². The van der Waals surface area contributed by atoms with E-state index < -0.39 is 5.54 Å². The van der Waals surface area contributed by atoms with Crippen molar-refractivity contribution in [2.75, 3.05) is 5.32 Å². The molecule has 0 amide bonds. The molecule has 0 saturated heterocycles. The molecule has 0 aromatic heterocycles. The Bertz CT molecular complexity index is 651. The molecule has 0 saturated carbocycles. The first-order valence-corrected chi connectivity index (χ1v) is 7.43. The minimum Gasteiger partial charge on any atom is -0.489 e. The van der Waals surface area contributed by atoms with Gasteiger partial charge in [0.2, 0.25) is 0 Å². The molecular formula is C17H21N3OS. The minimum absolute atomic E-state index is 0.221. The number of rotatable bonds is 5. The zero-order valence-corrected chi connectivity index (χ0v) is 13.6. The lowest BCUT2D eigenvalue weighted by molar-refractivity contribution is 0.296. The van der Waals surface area contributed by atoms with E-state index in [1.54, 1.807) is 0 Å². The molecule has 0 atom stereocenters. The van der Waals surface area contributed by atoms with Crippen LogP contribution in [0.25, 0.3) is 0 Å². The van der Waals surface area contributed by atoms with Crippen molar-refractivity contribution in [3.05, 3.63) is 59.7 Å². The van der Waals surface area contributed by atoms with Gasteiger partial charge in [-0.1, -0.05) is 30.3 Å². The van der Waals surface area contributed by atoms with E-state index in [2.05, 4.69) is 5.32 Å². The van der Waals surface area contributed by atoms with Crippen molar-refractivity contribution in [1.29, 1.82) is 0 Å². The van der Waals surface area contributed by atoms with Crippen LogP contribution in [0.15, 0.2) is 48.5 Å². The van der Waals surface area contributed by atoms with Crippen molar-refractivity contribution in [3.8, 4) is 5.75 Å². The van der Waals surface area contributed by atoms with Gasteiger partial charge in [0.25, 0.3) is 0 Å². The molecule has 0 spiro atoms. The van der Waals surface area contributed by atoms with Crippen LogP contribution in [0.3, 0.4) is 0 Å². The molecule has 5 heteroatoms. The topological polar surface area (TPSA) is 73.3 Å². The summed E-state index contributed by atoms with van der Waals surface area (Å²) in [5.41, 5.74) is 14.0. The lowest BCUT2D eigenvalue weighted by Gasteiger charge is -2.24. The summed E-state index contributed by atoms with van der Waals surface area (Å²) in [5.74, 6) is 0.754. The van der Waals surface area contributed by atoms with Gasteiger partial charge in [-0.05, 0) is 49.8 Å². The Kier molecular flexibility index (Phi) is 5.00. The molecule has 0 aliphatic heterocycles. The Labute approximate surface area is 136 Å². The number of ether oxygens (including phenoxy) is 1. The largest absolute Gasteiger partial charge is 0.489 e. The maximum atomic E-state index is 6.25. The molecule has 22 heavy (non-hydrogen) atoms. The van der Waals surface area contributed by atoms with E-state index in [-0.39, 0.29) is 5.11 Å². The number of hydrogen-bond acceptors (Lipinski definition) is 3. The standard InChI is InChI=1S/C17H21N3OS/c1-17(2,19)14-10-13(20-16(18)22)8-9-15(14)21-11-12-6-4-3-5-7-12/h3-10H,11,19H2,1-2H3,(H3,18,20,22). The summed E-state index contributed by atoms with van der Waals surface area (Å²) < 4.78 is 5.94. The predicted molar refractivity (Wildman–Crippen MR) is 94.8 cm³/mol. The average Bonchev–Trinajstić information content (AvgIpc) is 2.45. The third kappa shape index (κ3) is 4.44. The monoisotopic (exact) mass is 315 g/mol. The van der Waals surface area contributed by atoms with Gasteiger partial charge in [-0.3, -0.25) is 0 Å². The van der Waals surface area contributed by atoms with E-state index in [0.717, 1.165) is 22.6 Å². The molecule has 0 aliphatic carbocycles. The van der Waals surface area contributed by atoms with Gasteiger partial charge in [-0.25, -0.2) is 0 Å². The molecule has 2 rings (SSSR count). The lowest BCUT2D eigenvalue weighted by atomic mass is 9.94. The van der Waals surface area contributed by atoms with Crippen LogP contribution >= 0.6 is 12.2 Å². The summed E-state index contributed by atoms with van der Waals surface area (Å²) in [4.78, 5) is 0. The summed E-state index contributed by atoms with van der Waals surface area (Å²) in [6.07, 6.45) is 0. The second-order valence-electron chi connectivity index (χ2n) is 5.70. The van der Waals surface area contributed by atoms with Crippen molar-refractivity contribution in [1.82, 2.24) is 0 Å². The van der Waals surface area contributed by atoms with Gasteiger partial charge in [0.1, 0.15) is 12.4 Å². The van der Waals surface area contributed by atoms with Crippen LogP contribution in [-0.2, 0) is 12.1 Å². The van der Waals surface area contributed by atoms with Gasteiger partial charge in [0.15, 0.2) is 5.11 Å². The second-order valence-corrected chi connectivity index (χ2v) is 6.14. The number of nitrogens with one attached hydrogen (secondary N) is 1. The molecule has 0 heterocycles. The van der Waals surface area contributed by atoms with Gasteiger partial charge in [-0.15, -0.1) is 0 Å². The van der Waals surface area contributed by atoms with Gasteiger partial charge in [-0.2, -0.15) is 0 Å². The number of thiocarbonyl (C=S) groups is 1. The van der Waals surface area contributed by atoms with E-state index in [9.17, 15) is 0 Å². The SMILES string of the molecule is CC(C)(N)c1cc(NC(N)=S)ccc1OCc1ccccc1. The van der Waals surface area contributed by atoms with E-state index in [0.29, 0.717) is 6.61 Å². The normalized spacial score (nSPS) is 11.0. The molecule has 0 radical (unpaired) electrons. The average molecular weight is 315 g/mol. The number of anilines is 1. The van der Waals surface area contributed by atoms with Gasteiger partial charge < -0.3 is 21.5 Å². The maximum absolute atomic E-state index is 6.25. The summed E-state index contributed by atoms with van der Waals surface area (Å²) in [7, 11) is 0. The Hall–Kier alpha value is -2.11. The van der Waals surface area contributed by atoms with Crippen molar-refractivity contribution in [2.45, 2.75) is 26.0 Å². The summed E-state index contributed by atoms with van der Waals surface area (Å²) in [5, 5.41) is 3.14. The Morgan fingerprint density at radius 2 is 1.86 bits per heavy atom. The predicted octanol–water partition coefficient (Wildman–Crippen LogP) is 3.11. The smallest absolute Gasteiger partial charge is 0.168 e. The molecule has 4 nitrogen and oxygen atoms in total. The Morgan fingerprint density at radius 1 is 1.18 bits per heavy atom. The molecule has 0 fully saturated rings. The third-order valence-corrected chi connectivity index (χ3v) is 3.28. The number of hydrogen-bond donors (Lipinski definition) is 3. The van der Waals surface area contributed by atoms with E-state index in [1.807, 2.05) is 62.4 Å². The van der Waals surface area contributed by atoms with E-state index in [1.165, 1.54) is 0 Å². The lowest BCUT2D eigenvalue weighted by Crippen LogP contribution is -2.29. The van der Waals surface area contributed by atoms with Crippen molar-refractivity contribution in [3.63, 3.8) is 0 Å². The molecule has 116 valence electrons. The Morgan fingerprint density at radius 3 is 2.45 bits per heavy atom. The maximum Gasteiger partial charge on any atom is 0.168 e. The van der Waals surface area contributed by atoms with Crippen LogP contribution in [0, 0.1) is 0 Å². The van der Waals surface area contributed by atoms with Gasteiger partial charge in [0.05, 0.1) is 0 Å². The second kappa shape index (κ2) is 6.77. The fraction of sp³-hybridized carbons (Fsp3) is 0.235. The van der Waals surface area contributed by atoms with Gasteiger partial charge >= 0.3 is 0 Å². The molecule has 0 aliphatic rings. The highest BCUT2D eigenvalue weighted by atomic mass is 32.1. The highest BCUT2D eigenvalue weighted by Crippen LogP contribution is 2.31. The summed E-state index contributed by atoms with van der Waals surface area (Å²) >= 11 is 4.87. The highest BCUT2D eigenvalue weighted by Gasteiger charge is 2.20. The fourth-order valence-electron chi connectivity index (χ4n) is 2.11. The van der Waals surface area contributed by atoms with E-state index in [4.69, 9.17) is 28.4 Å². The zero-order valence-electron chi connectivity index (χ0n) is 12.8. The minimum atomic E-state index is -0.542. The van der Waals surface area contributed by atoms with Crippen LogP contribution in [0.2, 0.25) is 0 Å². The molecule has 5 N–H and O–H groups in total. The molecule has 0 bridgehead atoms. The Balaban J connectivity index is 2.24. The van der Waals surface area contributed by atoms with Crippen molar-refractivity contribution < 1.29 is 4.74 Å². The summed E-state index contributed by atoms with van der Waals surface area (Å²) in [6.45, 7) is 4.36. The van der Waals surface area contributed by atoms with E-state index >= 15 is 0 Å². The quantitative estimate of drug-likeness (QED) is 0.739. The van der Waals surface area contributed by atoms with Crippen LogP contribution in [0.1, 0.15) is 25.0 Å². The van der Waals surface area contributed by atoms with Crippen LogP contribution in [-0.4, -0.2) is 5.11 Å². The highest BCUT2D eigenvalue weighted by molar-refractivity contribution is 7.80. The molecular weight excluding hydrogens is 294 g/mol. The first-order valence-electron chi connectivity index (χ1n) is 7.03. The third-order valence-electron chi connectivity index (χ3n) is 3.18. The number of nitrogens with two attached hydrogens (primary N) is 2.